The van der Waals surface area contributed by atoms with Crippen LogP contribution >= 0.6 is 0 Å². The number of methoxy groups -OCH3 is 1. The summed E-state index contributed by atoms with van der Waals surface area (Å²) in [5, 5.41) is 11.8. The minimum absolute atomic E-state index is 0.419. The summed E-state index contributed by atoms with van der Waals surface area (Å²) in [5.41, 5.74) is -0.430. The summed E-state index contributed by atoms with van der Waals surface area (Å²) in [5.74, 6) is -0.274. The number of ether oxygens (including phenoxy) is 1. The number of nitrogens with one attached hydrogen (secondary N) is 1. The number of carbonyl (C=O) groups excluding carboxylic acids is 1. The van der Waals surface area contributed by atoms with E-state index in [1.54, 1.807) is 38.4 Å². The Morgan fingerprint density at radius 1 is 1.30 bits per heavy atom. The lowest BCUT2D eigenvalue weighted by Crippen LogP contribution is -2.61. The zero-order valence-electron chi connectivity index (χ0n) is 11.5. The van der Waals surface area contributed by atoms with Crippen LogP contribution in [0.1, 0.15) is 19.3 Å². The number of benzene rings is 1. The molecule has 2 rings (SSSR count). The second kappa shape index (κ2) is 5.40. The van der Waals surface area contributed by atoms with Crippen molar-refractivity contribution in [2.75, 3.05) is 19.1 Å². The van der Waals surface area contributed by atoms with E-state index in [1.165, 1.54) is 4.90 Å². The molecular formula is C14H18N2O4. The van der Waals surface area contributed by atoms with Gasteiger partial charge in [0.15, 0.2) is 0 Å². The van der Waals surface area contributed by atoms with Crippen LogP contribution in [0.2, 0.25) is 0 Å². The van der Waals surface area contributed by atoms with Crippen LogP contribution in [0.15, 0.2) is 24.3 Å². The van der Waals surface area contributed by atoms with Crippen molar-refractivity contribution in [3.8, 4) is 5.75 Å². The van der Waals surface area contributed by atoms with Gasteiger partial charge in [-0.15, -0.1) is 0 Å². The fourth-order valence-electron chi connectivity index (χ4n) is 2.13. The Balaban J connectivity index is 2.06. The molecule has 1 saturated carbocycles. The maximum Gasteiger partial charge on any atom is 0.329 e. The van der Waals surface area contributed by atoms with Gasteiger partial charge in [-0.2, -0.15) is 0 Å². The van der Waals surface area contributed by atoms with E-state index in [2.05, 4.69) is 5.32 Å². The van der Waals surface area contributed by atoms with Crippen molar-refractivity contribution in [2.24, 2.45) is 0 Å². The first-order chi connectivity index (χ1) is 9.48. The van der Waals surface area contributed by atoms with Crippen LogP contribution in [0.25, 0.3) is 0 Å². The zero-order valence-corrected chi connectivity index (χ0v) is 11.5. The van der Waals surface area contributed by atoms with Gasteiger partial charge >= 0.3 is 12.0 Å². The lowest BCUT2D eigenvalue weighted by molar-refractivity contribution is -0.148. The van der Waals surface area contributed by atoms with E-state index in [0.29, 0.717) is 24.3 Å². The second-order valence-electron chi connectivity index (χ2n) is 4.93. The van der Waals surface area contributed by atoms with Gasteiger partial charge in [0.2, 0.25) is 0 Å². The molecule has 0 heterocycles. The molecule has 20 heavy (non-hydrogen) atoms. The topological polar surface area (TPSA) is 78.9 Å². The molecule has 2 amide bonds. The monoisotopic (exact) mass is 278 g/mol. The van der Waals surface area contributed by atoms with Crippen molar-refractivity contribution < 1.29 is 19.4 Å². The first kappa shape index (κ1) is 14.2. The minimum Gasteiger partial charge on any atom is -0.497 e. The molecule has 108 valence electrons. The molecule has 1 aromatic carbocycles. The number of urea groups is 1. The van der Waals surface area contributed by atoms with Crippen LogP contribution in [0.3, 0.4) is 0 Å². The summed E-state index contributed by atoms with van der Waals surface area (Å²) in [4.78, 5) is 24.8. The fraction of sp³-hybridized carbons (Fsp3) is 0.429. The molecule has 6 heteroatoms. The lowest BCUT2D eigenvalue weighted by Gasteiger charge is -2.39. The van der Waals surface area contributed by atoms with Crippen molar-refractivity contribution in [1.82, 2.24) is 5.32 Å². The van der Waals surface area contributed by atoms with Gasteiger partial charge in [0, 0.05) is 12.7 Å². The van der Waals surface area contributed by atoms with E-state index < -0.39 is 17.5 Å². The third kappa shape index (κ3) is 2.54. The molecule has 0 atom stereocenters. The molecule has 1 aliphatic rings. The molecule has 1 fully saturated rings. The third-order valence-electron chi connectivity index (χ3n) is 3.73. The quantitative estimate of drug-likeness (QED) is 0.881. The summed E-state index contributed by atoms with van der Waals surface area (Å²) in [6.45, 7) is 0. The van der Waals surface area contributed by atoms with Gasteiger partial charge in [0.05, 0.1) is 7.11 Å². The first-order valence-corrected chi connectivity index (χ1v) is 6.42. The number of nitrogens with zero attached hydrogens (tertiary/aromatic N) is 1. The average molecular weight is 278 g/mol. The van der Waals surface area contributed by atoms with E-state index in [9.17, 15) is 14.7 Å². The highest BCUT2D eigenvalue weighted by Gasteiger charge is 2.46. The molecule has 6 nitrogen and oxygen atoms in total. The molecule has 0 saturated heterocycles. The van der Waals surface area contributed by atoms with Gasteiger partial charge in [0.1, 0.15) is 11.3 Å². The van der Waals surface area contributed by atoms with Crippen molar-refractivity contribution >= 4 is 17.7 Å². The number of carboxylic acids is 1. The van der Waals surface area contributed by atoms with E-state index >= 15 is 0 Å². The standard InChI is InChI=1S/C14H18N2O4/c1-16(10-4-6-11(20-2)7-5-10)13(19)15-14(12(17)18)8-3-9-14/h4-7H,3,8-9H2,1-2H3,(H,15,19)(H,17,18). The average Bonchev–Trinajstić information content (AvgIpc) is 2.41. The van der Waals surface area contributed by atoms with Crippen molar-refractivity contribution in [3.63, 3.8) is 0 Å². The summed E-state index contributed by atoms with van der Waals surface area (Å²) < 4.78 is 5.05. The maximum absolute atomic E-state index is 12.1. The highest BCUT2D eigenvalue weighted by molar-refractivity contribution is 5.95. The van der Waals surface area contributed by atoms with Crippen LogP contribution < -0.4 is 15.0 Å². The highest BCUT2D eigenvalue weighted by atomic mass is 16.5. The molecular weight excluding hydrogens is 260 g/mol. The van der Waals surface area contributed by atoms with E-state index in [-0.39, 0.29) is 0 Å². The number of hydrogen-bond acceptors (Lipinski definition) is 3. The Labute approximate surface area is 117 Å². The van der Waals surface area contributed by atoms with Gasteiger partial charge in [-0.1, -0.05) is 0 Å². The Morgan fingerprint density at radius 2 is 1.90 bits per heavy atom. The summed E-state index contributed by atoms with van der Waals surface area (Å²) in [7, 11) is 3.17. The summed E-state index contributed by atoms with van der Waals surface area (Å²) in [6, 6.07) is 6.56. The fourth-order valence-corrected chi connectivity index (χ4v) is 2.13. The largest absolute Gasteiger partial charge is 0.497 e. The number of rotatable bonds is 4. The Morgan fingerprint density at radius 3 is 2.30 bits per heavy atom. The third-order valence-corrected chi connectivity index (χ3v) is 3.73. The van der Waals surface area contributed by atoms with Crippen LogP contribution in [0.4, 0.5) is 10.5 Å². The lowest BCUT2D eigenvalue weighted by atomic mass is 9.77. The number of anilines is 1. The van der Waals surface area contributed by atoms with E-state index in [1.807, 2.05) is 0 Å². The van der Waals surface area contributed by atoms with Gasteiger partial charge < -0.3 is 15.2 Å². The minimum atomic E-state index is -1.10. The van der Waals surface area contributed by atoms with Crippen LogP contribution in [-0.2, 0) is 4.79 Å². The normalized spacial score (nSPS) is 15.9. The summed E-state index contributed by atoms with van der Waals surface area (Å²) in [6.07, 6.45) is 1.77. The van der Waals surface area contributed by atoms with Crippen LogP contribution in [0, 0.1) is 0 Å². The number of carboxylic acid groups (broad SMARTS) is 1. The molecule has 2 N–H and O–H groups in total. The first-order valence-electron chi connectivity index (χ1n) is 6.42. The Bertz CT molecular complexity index is 508. The van der Waals surface area contributed by atoms with Gasteiger partial charge in [-0.25, -0.2) is 9.59 Å². The van der Waals surface area contributed by atoms with Crippen molar-refractivity contribution in [2.45, 2.75) is 24.8 Å². The van der Waals surface area contributed by atoms with Gasteiger partial charge in [-0.3, -0.25) is 4.90 Å². The van der Waals surface area contributed by atoms with E-state index in [4.69, 9.17) is 4.74 Å². The molecule has 0 bridgehead atoms. The predicted octanol–water partition coefficient (Wildman–Crippen LogP) is 1.85. The van der Waals surface area contributed by atoms with Crippen molar-refractivity contribution in [1.29, 1.82) is 0 Å². The number of carbonyl (C=O) groups is 2. The van der Waals surface area contributed by atoms with Crippen LogP contribution in [0.5, 0.6) is 5.75 Å². The molecule has 0 unspecified atom stereocenters. The molecule has 0 radical (unpaired) electrons. The predicted molar refractivity (Wildman–Crippen MR) is 74.1 cm³/mol. The zero-order chi connectivity index (χ0) is 14.8. The molecule has 0 aliphatic heterocycles. The molecule has 0 aromatic heterocycles. The molecule has 1 aliphatic carbocycles. The SMILES string of the molecule is COc1ccc(N(C)C(=O)NC2(C(=O)O)CCC2)cc1. The molecule has 0 spiro atoms. The Kier molecular flexibility index (Phi) is 3.83. The highest BCUT2D eigenvalue weighted by Crippen LogP contribution is 2.32. The van der Waals surface area contributed by atoms with Gasteiger partial charge in [0.25, 0.3) is 0 Å². The number of hydrogen-bond donors (Lipinski definition) is 2. The second-order valence-corrected chi connectivity index (χ2v) is 4.93. The molecule has 1 aromatic rings. The smallest absolute Gasteiger partial charge is 0.329 e. The van der Waals surface area contributed by atoms with Crippen molar-refractivity contribution in [3.05, 3.63) is 24.3 Å². The van der Waals surface area contributed by atoms with Crippen LogP contribution in [-0.4, -0.2) is 36.8 Å². The maximum atomic E-state index is 12.1. The van der Waals surface area contributed by atoms with Gasteiger partial charge in [-0.05, 0) is 43.5 Å². The number of aliphatic carboxylic acids is 1. The number of amides is 2. The Hall–Kier alpha value is -2.24. The van der Waals surface area contributed by atoms with E-state index in [0.717, 1.165) is 6.42 Å². The summed E-state index contributed by atoms with van der Waals surface area (Å²) >= 11 is 0.